The zero-order chi connectivity index (χ0) is 13.1. The molecule has 1 aliphatic rings. The van der Waals surface area contributed by atoms with Crippen molar-refractivity contribution in [3.05, 3.63) is 41.2 Å². The molecule has 1 aliphatic carbocycles. The molecule has 0 saturated heterocycles. The normalized spacial score (nSPS) is 16.8. The molecule has 0 unspecified atom stereocenters. The summed E-state index contributed by atoms with van der Waals surface area (Å²) in [5.41, 5.74) is 2.96. The minimum atomic E-state index is -0.245. The van der Waals surface area contributed by atoms with Gasteiger partial charge in [-0.25, -0.2) is 4.39 Å². The number of carbonyl (C=O) groups excluding carboxylic acids is 1. The maximum Gasteiger partial charge on any atom is 0.244 e. The van der Waals surface area contributed by atoms with Crippen LogP contribution in [0.15, 0.2) is 24.3 Å². The number of halogens is 1. The first-order valence-electron chi connectivity index (χ1n) is 6.36. The molecule has 18 heavy (non-hydrogen) atoms. The summed E-state index contributed by atoms with van der Waals surface area (Å²) < 4.78 is 13.3. The molecule has 3 heteroatoms. The maximum absolute atomic E-state index is 13.3. The number of hydrogen-bond acceptors (Lipinski definition) is 1. The van der Waals surface area contributed by atoms with E-state index >= 15 is 0 Å². The fourth-order valence-electron chi connectivity index (χ4n) is 2.30. The van der Waals surface area contributed by atoms with Gasteiger partial charge in [0.05, 0.1) is 0 Å². The lowest BCUT2D eigenvalue weighted by atomic mass is 9.87. The highest BCUT2D eigenvalue weighted by Crippen LogP contribution is 2.31. The molecule has 1 N–H and O–H groups in total. The molecule has 0 aliphatic heterocycles. The van der Waals surface area contributed by atoms with Gasteiger partial charge in [0.1, 0.15) is 5.82 Å². The van der Waals surface area contributed by atoms with E-state index in [1.54, 1.807) is 6.08 Å². The van der Waals surface area contributed by atoms with Gasteiger partial charge in [-0.05, 0) is 61.9 Å². The van der Waals surface area contributed by atoms with E-state index in [1.807, 2.05) is 19.9 Å². The fraction of sp³-hybridized carbons (Fsp3) is 0.400. The number of carbonyl (C=O) groups is 1. The van der Waals surface area contributed by atoms with Crippen molar-refractivity contribution in [3.8, 4) is 0 Å². The highest BCUT2D eigenvalue weighted by molar-refractivity contribution is 5.96. The van der Waals surface area contributed by atoms with Crippen molar-refractivity contribution in [1.29, 1.82) is 0 Å². The van der Waals surface area contributed by atoms with E-state index in [-0.39, 0.29) is 17.8 Å². The van der Waals surface area contributed by atoms with Crippen molar-refractivity contribution in [2.24, 2.45) is 0 Å². The van der Waals surface area contributed by atoms with Crippen molar-refractivity contribution in [2.45, 2.75) is 39.2 Å². The average molecular weight is 247 g/mol. The Morgan fingerprint density at radius 3 is 2.89 bits per heavy atom. The van der Waals surface area contributed by atoms with E-state index in [1.165, 1.54) is 12.1 Å². The van der Waals surface area contributed by atoms with Gasteiger partial charge in [0.15, 0.2) is 0 Å². The summed E-state index contributed by atoms with van der Waals surface area (Å²) in [6.07, 6.45) is 4.41. The Morgan fingerprint density at radius 2 is 2.17 bits per heavy atom. The molecule has 0 radical (unpaired) electrons. The lowest BCUT2D eigenvalue weighted by Crippen LogP contribution is -2.28. The third kappa shape index (κ3) is 2.97. The summed E-state index contributed by atoms with van der Waals surface area (Å²) in [7, 11) is 0. The van der Waals surface area contributed by atoms with Gasteiger partial charge >= 0.3 is 0 Å². The van der Waals surface area contributed by atoms with Crippen LogP contribution in [-0.2, 0) is 11.2 Å². The van der Waals surface area contributed by atoms with Gasteiger partial charge in [0.2, 0.25) is 5.91 Å². The van der Waals surface area contributed by atoms with Crippen molar-refractivity contribution in [1.82, 2.24) is 5.32 Å². The zero-order valence-electron chi connectivity index (χ0n) is 10.8. The van der Waals surface area contributed by atoms with Gasteiger partial charge in [0.25, 0.3) is 0 Å². The number of aryl methyl sites for hydroxylation is 1. The molecule has 0 atom stereocenters. The minimum Gasteiger partial charge on any atom is -0.350 e. The van der Waals surface area contributed by atoms with E-state index in [0.717, 1.165) is 36.0 Å². The summed E-state index contributed by atoms with van der Waals surface area (Å²) in [4.78, 5) is 11.7. The lowest BCUT2D eigenvalue weighted by Gasteiger charge is -2.19. The van der Waals surface area contributed by atoms with Gasteiger partial charge in [0, 0.05) is 12.1 Å². The Labute approximate surface area is 107 Å². The summed E-state index contributed by atoms with van der Waals surface area (Å²) in [6.45, 7) is 3.84. The molecule has 0 heterocycles. The summed E-state index contributed by atoms with van der Waals surface area (Å²) in [6, 6.07) is 4.95. The van der Waals surface area contributed by atoms with Crippen LogP contribution < -0.4 is 5.32 Å². The number of amides is 1. The third-order valence-corrected chi connectivity index (χ3v) is 3.05. The van der Waals surface area contributed by atoms with Gasteiger partial charge in [-0.3, -0.25) is 4.79 Å². The molecule has 1 amide bonds. The second-order valence-corrected chi connectivity index (χ2v) is 4.99. The molecule has 2 nitrogen and oxygen atoms in total. The number of fused-ring (bicyclic) bond motifs is 1. The van der Waals surface area contributed by atoms with Gasteiger partial charge in [-0.1, -0.05) is 6.07 Å². The van der Waals surface area contributed by atoms with E-state index < -0.39 is 0 Å². The number of allylic oxidation sites excluding steroid dienone is 1. The van der Waals surface area contributed by atoms with E-state index in [0.29, 0.717) is 0 Å². The van der Waals surface area contributed by atoms with Gasteiger partial charge in [-0.2, -0.15) is 0 Å². The monoisotopic (exact) mass is 247 g/mol. The number of nitrogens with one attached hydrogen (secondary N) is 1. The number of hydrogen-bond donors (Lipinski definition) is 1. The summed E-state index contributed by atoms with van der Waals surface area (Å²) >= 11 is 0. The van der Waals surface area contributed by atoms with Crippen LogP contribution in [0, 0.1) is 5.82 Å². The molecule has 1 aromatic rings. The van der Waals surface area contributed by atoms with Crippen LogP contribution >= 0.6 is 0 Å². The van der Waals surface area contributed by atoms with Crippen LogP contribution in [0.2, 0.25) is 0 Å². The molecule has 0 bridgehead atoms. The number of benzene rings is 1. The zero-order valence-corrected chi connectivity index (χ0v) is 10.8. The van der Waals surface area contributed by atoms with Crippen LogP contribution in [0.1, 0.15) is 37.8 Å². The van der Waals surface area contributed by atoms with Gasteiger partial charge < -0.3 is 5.32 Å². The topological polar surface area (TPSA) is 29.1 Å². The first-order chi connectivity index (χ1) is 8.56. The highest BCUT2D eigenvalue weighted by atomic mass is 19.1. The van der Waals surface area contributed by atoms with Crippen molar-refractivity contribution >= 4 is 11.5 Å². The van der Waals surface area contributed by atoms with Crippen LogP contribution in [0.4, 0.5) is 4.39 Å². The maximum atomic E-state index is 13.3. The largest absolute Gasteiger partial charge is 0.350 e. The molecule has 0 fully saturated rings. The molecular formula is C15H18FNO. The Bertz CT molecular complexity index is 491. The average Bonchev–Trinajstić information content (AvgIpc) is 2.28. The quantitative estimate of drug-likeness (QED) is 0.799. The van der Waals surface area contributed by atoms with Crippen molar-refractivity contribution < 1.29 is 9.18 Å². The molecule has 96 valence electrons. The van der Waals surface area contributed by atoms with Crippen molar-refractivity contribution in [3.63, 3.8) is 0 Å². The molecule has 0 spiro atoms. The third-order valence-electron chi connectivity index (χ3n) is 3.05. The smallest absolute Gasteiger partial charge is 0.244 e. The SMILES string of the molecule is CC(C)NC(=O)/C=C1/CCCc2ccc(F)cc21. The first-order valence-corrected chi connectivity index (χ1v) is 6.36. The van der Waals surface area contributed by atoms with Crippen LogP contribution in [0.3, 0.4) is 0 Å². The predicted octanol–water partition coefficient (Wildman–Crippen LogP) is 3.07. The molecule has 0 aromatic heterocycles. The second-order valence-electron chi connectivity index (χ2n) is 4.99. The predicted molar refractivity (Wildman–Crippen MR) is 70.6 cm³/mol. The Morgan fingerprint density at radius 1 is 1.39 bits per heavy atom. The van der Waals surface area contributed by atoms with Crippen molar-refractivity contribution in [2.75, 3.05) is 0 Å². The fourth-order valence-corrected chi connectivity index (χ4v) is 2.30. The van der Waals surface area contributed by atoms with Gasteiger partial charge in [-0.15, -0.1) is 0 Å². The van der Waals surface area contributed by atoms with E-state index in [4.69, 9.17) is 0 Å². The van der Waals surface area contributed by atoms with E-state index in [9.17, 15) is 9.18 Å². The Balaban J connectivity index is 2.29. The first kappa shape index (κ1) is 12.8. The molecule has 1 aromatic carbocycles. The van der Waals surface area contributed by atoms with Crippen LogP contribution in [-0.4, -0.2) is 11.9 Å². The Hall–Kier alpha value is -1.64. The molecule has 2 rings (SSSR count). The van der Waals surface area contributed by atoms with E-state index in [2.05, 4.69) is 5.32 Å². The summed E-state index contributed by atoms with van der Waals surface area (Å²) in [5.74, 6) is -0.345. The standard InChI is InChI=1S/C15H18FNO/c1-10(2)17-15(18)8-12-5-3-4-11-6-7-13(16)9-14(11)12/h6-10H,3-5H2,1-2H3,(H,17,18)/b12-8-. The molecular weight excluding hydrogens is 229 g/mol. The highest BCUT2D eigenvalue weighted by Gasteiger charge is 2.15. The van der Waals surface area contributed by atoms with Crippen LogP contribution in [0.5, 0.6) is 0 Å². The van der Waals surface area contributed by atoms with Crippen LogP contribution in [0.25, 0.3) is 5.57 Å². The Kier molecular flexibility index (Phi) is 3.80. The second kappa shape index (κ2) is 5.34. The number of rotatable bonds is 2. The minimum absolute atomic E-state index is 0.0999. The summed E-state index contributed by atoms with van der Waals surface area (Å²) in [5, 5.41) is 2.83. The molecule has 0 saturated carbocycles. The lowest BCUT2D eigenvalue weighted by molar-refractivity contribution is -0.116.